The van der Waals surface area contributed by atoms with Crippen LogP contribution in [0.3, 0.4) is 0 Å². The summed E-state index contributed by atoms with van der Waals surface area (Å²) in [4.78, 5) is 26.1. The van der Waals surface area contributed by atoms with E-state index in [-0.39, 0.29) is 28.1 Å². The number of ether oxygens (including phenoxy) is 1. The second-order valence-corrected chi connectivity index (χ2v) is 8.43. The Labute approximate surface area is 222 Å². The average molecular weight is 513 g/mol. The SMILES string of the molecule is COc1ccccc1-n1c(N)c(C#N)c(-c2ccc(-n3nc(-c4ccccc4)ccc3=O)cc2)c(C#N)c1=O. The lowest BCUT2D eigenvalue weighted by Crippen LogP contribution is -2.26. The number of nitrogens with two attached hydrogens (primary N) is 1. The van der Waals surface area contributed by atoms with E-state index in [1.54, 1.807) is 54.6 Å². The molecule has 0 aliphatic rings. The molecule has 0 saturated carbocycles. The molecule has 3 aromatic carbocycles. The van der Waals surface area contributed by atoms with Crippen LogP contribution in [0.25, 0.3) is 33.8 Å². The Bertz CT molecular complexity index is 1910. The summed E-state index contributed by atoms with van der Waals surface area (Å²) in [6, 6.07) is 29.7. The number of pyridine rings is 1. The molecule has 5 rings (SSSR count). The summed E-state index contributed by atoms with van der Waals surface area (Å²) in [5.74, 6) is 0.227. The topological polar surface area (TPSA) is 140 Å². The van der Waals surface area contributed by atoms with Gasteiger partial charge >= 0.3 is 0 Å². The predicted octanol–water partition coefficient (Wildman–Crippen LogP) is 4.05. The van der Waals surface area contributed by atoms with Gasteiger partial charge in [0.25, 0.3) is 11.1 Å². The molecule has 5 aromatic rings. The van der Waals surface area contributed by atoms with Crippen molar-refractivity contribution in [3.05, 3.63) is 123 Å². The minimum absolute atomic E-state index is 0.0360. The number of nitrogens with zero attached hydrogens (tertiary/aromatic N) is 5. The zero-order valence-electron chi connectivity index (χ0n) is 20.7. The molecule has 39 heavy (non-hydrogen) atoms. The van der Waals surface area contributed by atoms with Crippen LogP contribution in [0.5, 0.6) is 5.75 Å². The number of benzene rings is 3. The van der Waals surface area contributed by atoms with Gasteiger partial charge in [-0.15, -0.1) is 0 Å². The Hall–Kier alpha value is -5.93. The van der Waals surface area contributed by atoms with E-state index in [9.17, 15) is 20.1 Å². The van der Waals surface area contributed by atoms with Crippen LogP contribution in [-0.2, 0) is 0 Å². The van der Waals surface area contributed by atoms with Crippen LogP contribution < -0.4 is 21.6 Å². The molecule has 0 radical (unpaired) electrons. The fourth-order valence-electron chi connectivity index (χ4n) is 4.38. The van der Waals surface area contributed by atoms with E-state index in [0.717, 1.165) is 10.1 Å². The first-order valence-electron chi connectivity index (χ1n) is 11.8. The van der Waals surface area contributed by atoms with E-state index in [1.807, 2.05) is 42.5 Å². The predicted molar refractivity (Wildman–Crippen MR) is 147 cm³/mol. The first-order valence-corrected chi connectivity index (χ1v) is 11.8. The molecule has 2 heterocycles. The molecule has 9 nitrogen and oxygen atoms in total. The molecule has 0 aliphatic carbocycles. The van der Waals surface area contributed by atoms with Crippen LogP contribution in [0.15, 0.2) is 101 Å². The second kappa shape index (κ2) is 10.2. The van der Waals surface area contributed by atoms with Crippen molar-refractivity contribution in [2.75, 3.05) is 12.8 Å². The van der Waals surface area contributed by atoms with Gasteiger partial charge in [0.05, 0.1) is 24.2 Å². The highest BCUT2D eigenvalue weighted by molar-refractivity contribution is 5.81. The summed E-state index contributed by atoms with van der Waals surface area (Å²) < 4.78 is 7.72. The average Bonchev–Trinajstić information content (AvgIpc) is 2.98. The fraction of sp³-hybridized carbons (Fsp3) is 0.0333. The van der Waals surface area contributed by atoms with E-state index in [1.165, 1.54) is 17.9 Å². The molecule has 0 aliphatic heterocycles. The van der Waals surface area contributed by atoms with Gasteiger partial charge in [0.15, 0.2) is 0 Å². The number of methoxy groups -OCH3 is 1. The summed E-state index contributed by atoms with van der Waals surface area (Å²) in [6.07, 6.45) is 0. The largest absolute Gasteiger partial charge is 0.495 e. The zero-order valence-corrected chi connectivity index (χ0v) is 20.7. The van der Waals surface area contributed by atoms with E-state index in [4.69, 9.17) is 10.5 Å². The lowest BCUT2D eigenvalue weighted by Gasteiger charge is -2.17. The van der Waals surface area contributed by atoms with Gasteiger partial charge in [-0.05, 0) is 35.9 Å². The summed E-state index contributed by atoms with van der Waals surface area (Å²) in [6.45, 7) is 0. The van der Waals surface area contributed by atoms with Crippen LogP contribution in [-0.4, -0.2) is 21.5 Å². The number of nitriles is 2. The molecule has 2 N–H and O–H groups in total. The van der Waals surface area contributed by atoms with Gasteiger partial charge in [-0.1, -0.05) is 54.6 Å². The lowest BCUT2D eigenvalue weighted by molar-refractivity contribution is 0.412. The maximum Gasteiger partial charge on any atom is 0.275 e. The molecule has 9 heteroatoms. The van der Waals surface area contributed by atoms with Gasteiger partial charge in [-0.3, -0.25) is 14.2 Å². The first-order chi connectivity index (χ1) is 19.0. The van der Waals surface area contributed by atoms with Crippen molar-refractivity contribution in [1.29, 1.82) is 10.5 Å². The van der Waals surface area contributed by atoms with Crippen molar-refractivity contribution in [1.82, 2.24) is 14.3 Å². The molecule has 0 bridgehead atoms. The van der Waals surface area contributed by atoms with E-state index in [2.05, 4.69) is 5.10 Å². The number of para-hydroxylation sites is 2. The molecular formula is C30H20N6O3. The van der Waals surface area contributed by atoms with Crippen molar-refractivity contribution in [2.45, 2.75) is 0 Å². The highest BCUT2D eigenvalue weighted by Gasteiger charge is 2.24. The van der Waals surface area contributed by atoms with E-state index < -0.39 is 5.56 Å². The minimum Gasteiger partial charge on any atom is -0.495 e. The smallest absolute Gasteiger partial charge is 0.275 e. The third kappa shape index (κ3) is 4.31. The monoisotopic (exact) mass is 512 g/mol. The van der Waals surface area contributed by atoms with Crippen molar-refractivity contribution in [3.63, 3.8) is 0 Å². The number of nitrogen functional groups attached to an aromatic ring is 1. The van der Waals surface area contributed by atoms with Crippen LogP contribution in [0, 0.1) is 22.7 Å². The van der Waals surface area contributed by atoms with Crippen LogP contribution >= 0.6 is 0 Å². The maximum absolute atomic E-state index is 13.5. The maximum atomic E-state index is 13.5. The Balaban J connectivity index is 1.65. The van der Waals surface area contributed by atoms with Gasteiger partial charge in [0.1, 0.15) is 34.8 Å². The molecule has 0 fully saturated rings. The molecule has 0 saturated heterocycles. The zero-order chi connectivity index (χ0) is 27.5. The number of aromatic nitrogens is 3. The molecule has 0 amide bonds. The highest BCUT2D eigenvalue weighted by Crippen LogP contribution is 2.32. The Morgan fingerprint density at radius 3 is 2.13 bits per heavy atom. The van der Waals surface area contributed by atoms with Crippen molar-refractivity contribution in [2.24, 2.45) is 0 Å². The highest BCUT2D eigenvalue weighted by atomic mass is 16.5. The van der Waals surface area contributed by atoms with E-state index >= 15 is 0 Å². The van der Waals surface area contributed by atoms with Gasteiger partial charge in [-0.2, -0.15) is 20.3 Å². The molecule has 0 unspecified atom stereocenters. The van der Waals surface area contributed by atoms with Crippen molar-refractivity contribution in [3.8, 4) is 51.6 Å². The summed E-state index contributed by atoms with van der Waals surface area (Å²) >= 11 is 0. The normalized spacial score (nSPS) is 10.4. The second-order valence-electron chi connectivity index (χ2n) is 8.43. The third-order valence-corrected chi connectivity index (χ3v) is 6.23. The minimum atomic E-state index is -0.689. The van der Waals surface area contributed by atoms with Crippen LogP contribution in [0.4, 0.5) is 5.82 Å². The number of anilines is 1. The third-order valence-electron chi connectivity index (χ3n) is 6.23. The Morgan fingerprint density at radius 2 is 1.46 bits per heavy atom. The van der Waals surface area contributed by atoms with Crippen molar-refractivity contribution >= 4 is 5.82 Å². The van der Waals surface area contributed by atoms with Crippen LogP contribution in [0.2, 0.25) is 0 Å². The Kier molecular flexibility index (Phi) is 6.48. The van der Waals surface area contributed by atoms with Gasteiger partial charge < -0.3 is 10.5 Å². The molecule has 0 spiro atoms. The molecule has 188 valence electrons. The van der Waals surface area contributed by atoms with Crippen molar-refractivity contribution < 1.29 is 4.74 Å². The molecular weight excluding hydrogens is 492 g/mol. The molecule has 0 atom stereocenters. The summed E-state index contributed by atoms with van der Waals surface area (Å²) in [5.41, 5.74) is 7.80. The number of hydrogen-bond donors (Lipinski definition) is 1. The van der Waals surface area contributed by atoms with E-state index in [0.29, 0.717) is 28.4 Å². The number of rotatable bonds is 5. The Morgan fingerprint density at radius 1 is 0.795 bits per heavy atom. The lowest BCUT2D eigenvalue weighted by atomic mass is 9.96. The van der Waals surface area contributed by atoms with Gasteiger partial charge in [-0.25, -0.2) is 0 Å². The fourth-order valence-corrected chi connectivity index (χ4v) is 4.38. The quantitative estimate of drug-likeness (QED) is 0.375. The van der Waals surface area contributed by atoms with Crippen LogP contribution in [0.1, 0.15) is 11.1 Å². The standard InChI is InChI=1S/C30H20N6O3/c1-39-26-10-6-5-9-25(26)35-29(33)22(17-31)28(23(18-32)30(35)38)20-11-13-21(14-12-20)36-27(37)16-15-24(34-36)19-7-3-2-4-8-19/h2-16H,33H2,1H3. The van der Waals surface area contributed by atoms with Gasteiger partial charge in [0, 0.05) is 17.2 Å². The summed E-state index contributed by atoms with van der Waals surface area (Å²) in [7, 11) is 1.45. The first kappa shape index (κ1) is 24.8. The molecule has 2 aromatic heterocycles. The van der Waals surface area contributed by atoms with Gasteiger partial charge in [0.2, 0.25) is 0 Å². The number of hydrogen-bond acceptors (Lipinski definition) is 7. The summed E-state index contributed by atoms with van der Waals surface area (Å²) in [5, 5.41) is 24.5.